The molecule has 488 valence electrons. The predicted molar refractivity (Wildman–Crippen MR) is 395 cm³/mol. The molecule has 0 unspecified atom stereocenters. The summed E-state index contributed by atoms with van der Waals surface area (Å²) in [5, 5.41) is 14.3. The van der Waals surface area contributed by atoms with Gasteiger partial charge in [-0.3, -0.25) is 4.98 Å². The average Bonchev–Trinajstić information content (AvgIpc) is 1.49. The van der Waals surface area contributed by atoms with Crippen LogP contribution in [0.2, 0.25) is 0 Å². The molecular weight excluding hydrogens is 1230 g/mol. The number of aryl methyl sites for hydroxylation is 8. The summed E-state index contributed by atoms with van der Waals surface area (Å²) in [5.41, 5.74) is 25.4. The third-order valence-electron chi connectivity index (χ3n) is 18.7. The summed E-state index contributed by atoms with van der Waals surface area (Å²) in [6, 6.07) is 84.5. The van der Waals surface area contributed by atoms with E-state index in [2.05, 4.69) is 309 Å². The van der Waals surface area contributed by atoms with E-state index in [1.807, 2.05) is 6.07 Å². The van der Waals surface area contributed by atoms with E-state index in [0.29, 0.717) is 39.3 Å². The van der Waals surface area contributed by atoms with Gasteiger partial charge in [-0.05, 0) is 189 Å². The second-order valence-electron chi connectivity index (χ2n) is 25.2. The van der Waals surface area contributed by atoms with Crippen LogP contribution in [0.3, 0.4) is 0 Å². The van der Waals surface area contributed by atoms with Crippen molar-refractivity contribution in [3.8, 4) is 96.3 Å². The van der Waals surface area contributed by atoms with E-state index in [4.69, 9.17) is 11.8 Å². The molecule has 0 spiro atoms. The molecule has 14 rings (SSSR count). The summed E-state index contributed by atoms with van der Waals surface area (Å²) < 4.78 is 49.9. The Morgan fingerprint density at radius 3 is 1.27 bits per heavy atom. The molecule has 0 saturated carbocycles. The fraction of sp³-hybridized carbons (Fsp3) is 0.148. The topological polar surface area (TPSA) is 61.5 Å². The summed E-state index contributed by atoms with van der Waals surface area (Å²) in [6.07, 6.45) is 0.854. The van der Waals surface area contributed by atoms with E-state index < -0.39 is 11.7 Å². The van der Waals surface area contributed by atoms with Crippen molar-refractivity contribution in [1.82, 2.24) is 9.55 Å². The van der Waals surface area contributed by atoms with Crippen molar-refractivity contribution in [2.24, 2.45) is 35.2 Å². The maximum atomic E-state index is 13.0. The Hall–Kier alpha value is -11.9. The van der Waals surface area contributed by atoms with E-state index in [-0.39, 0.29) is 0 Å². The largest absolute Gasteiger partial charge is 0.416 e. The zero-order valence-corrected chi connectivity index (χ0v) is 58.0. The zero-order chi connectivity index (χ0) is 70.2. The maximum Gasteiger partial charge on any atom is 0.416 e. The molecule has 5 aromatic heterocycles. The first-order valence-corrected chi connectivity index (χ1v) is 32.9. The van der Waals surface area contributed by atoms with Crippen molar-refractivity contribution in [3.05, 3.63) is 323 Å². The van der Waals surface area contributed by atoms with Crippen LogP contribution >= 0.6 is 0 Å². The molecule has 14 aromatic rings. The number of halogens is 3. The van der Waals surface area contributed by atoms with E-state index in [1.54, 1.807) is 43.9 Å². The number of nitrogens with zero attached hydrogens (tertiary/aromatic N) is 8. The quantitative estimate of drug-likeness (QED) is 0.112. The number of aromatic nitrogens is 6. The number of rotatable bonds is 8. The van der Waals surface area contributed by atoms with Gasteiger partial charge in [0.1, 0.15) is 33.9 Å². The Labute approximate surface area is 579 Å². The Balaban J connectivity index is 0.000000134. The summed E-state index contributed by atoms with van der Waals surface area (Å²) in [6.45, 7) is 21.8. The molecule has 0 aliphatic heterocycles. The molecule has 99 heavy (non-hydrogen) atoms. The van der Waals surface area contributed by atoms with Crippen LogP contribution in [0.25, 0.3) is 117 Å². The maximum absolute atomic E-state index is 13.0. The van der Waals surface area contributed by atoms with E-state index >= 15 is 0 Å². The van der Waals surface area contributed by atoms with Gasteiger partial charge in [-0.1, -0.05) is 127 Å². The molecule has 0 bridgehead atoms. The van der Waals surface area contributed by atoms with Gasteiger partial charge in [-0.25, -0.2) is 4.85 Å². The number of hydrogen-bond donors (Lipinski definition) is 0. The molecule has 8 nitrogen and oxygen atoms in total. The summed E-state index contributed by atoms with van der Waals surface area (Å²) in [7, 11) is 10.3. The Morgan fingerprint density at radius 2 is 0.828 bits per heavy atom. The van der Waals surface area contributed by atoms with Gasteiger partial charge in [0.05, 0.1) is 52.5 Å². The lowest BCUT2D eigenvalue weighted by atomic mass is 9.96. The van der Waals surface area contributed by atoms with Crippen LogP contribution in [0.4, 0.5) is 18.9 Å². The summed E-state index contributed by atoms with van der Waals surface area (Å²) in [4.78, 5) is 7.81. The van der Waals surface area contributed by atoms with Gasteiger partial charge < -0.3 is 4.57 Å². The Kier molecular flexibility index (Phi) is 20.5. The molecule has 0 atom stereocenters. The first-order valence-electron chi connectivity index (χ1n) is 32.9. The number of alkyl halides is 3. The number of hydrogen-bond acceptors (Lipinski definition) is 2. The molecule has 0 N–H and O–H groups in total. The Morgan fingerprint density at radius 1 is 0.404 bits per heavy atom. The number of pyridine rings is 3. The van der Waals surface area contributed by atoms with Crippen molar-refractivity contribution < 1.29 is 31.4 Å². The minimum absolute atomic E-state index is 0.320. The second kappa shape index (κ2) is 29.6. The number of nitriles is 1. The molecule has 0 amide bonds. The monoisotopic (exact) mass is 1300 g/mol. The average molecular weight is 1310 g/mol. The van der Waals surface area contributed by atoms with Gasteiger partial charge in [0.25, 0.3) is 0 Å². The SMILES string of the molecule is Cc1ccccc1-c1cc2ccccc2c(-c2ccccc2C)[n+]1C.Cc1ccccc1-c1cc2ccccc2c(-c2ccccc2C)[n+]1C.Cc1ccccc1-c1cccc(-c2cccn2C)[n+]1C.[C-]#[N+]c1cc(C#N)cc(C)c1-c1cncc(-c2ccc(C(F)(F)F)cc2C)[n+]1C. The molecular formula is C88H79F3N8+4. The molecule has 0 fully saturated rings. The smallest absolute Gasteiger partial charge is 0.346 e. The van der Waals surface area contributed by atoms with Gasteiger partial charge in [0.15, 0.2) is 0 Å². The van der Waals surface area contributed by atoms with Gasteiger partial charge in [-0.2, -0.15) is 36.7 Å². The van der Waals surface area contributed by atoms with Crippen molar-refractivity contribution >= 4 is 27.2 Å². The lowest BCUT2D eigenvalue weighted by Crippen LogP contribution is -2.34. The fourth-order valence-electron chi connectivity index (χ4n) is 13.4. The highest BCUT2D eigenvalue weighted by Gasteiger charge is 2.32. The highest BCUT2D eigenvalue weighted by molar-refractivity contribution is 5.97. The van der Waals surface area contributed by atoms with Crippen LogP contribution in [-0.2, 0) is 41.4 Å². The van der Waals surface area contributed by atoms with Gasteiger partial charge in [0.2, 0.25) is 51.2 Å². The zero-order valence-electron chi connectivity index (χ0n) is 58.0. The molecule has 11 heteroatoms. The predicted octanol–water partition coefficient (Wildman–Crippen LogP) is 20.0. The van der Waals surface area contributed by atoms with Crippen molar-refractivity contribution in [1.29, 1.82) is 5.26 Å². The fourth-order valence-corrected chi connectivity index (χ4v) is 13.4. The van der Waals surface area contributed by atoms with Gasteiger partial charge >= 0.3 is 6.18 Å². The van der Waals surface area contributed by atoms with E-state index in [0.717, 1.165) is 17.7 Å². The minimum atomic E-state index is -4.41. The lowest BCUT2D eigenvalue weighted by molar-refractivity contribution is -0.649. The van der Waals surface area contributed by atoms with Crippen molar-refractivity contribution in [2.75, 3.05) is 0 Å². The minimum Gasteiger partial charge on any atom is -0.346 e. The van der Waals surface area contributed by atoms with Crippen LogP contribution in [-0.4, -0.2) is 9.55 Å². The van der Waals surface area contributed by atoms with Gasteiger partial charge in [-0.15, -0.1) is 0 Å². The van der Waals surface area contributed by atoms with Crippen molar-refractivity contribution in [3.63, 3.8) is 0 Å². The molecule has 0 aliphatic rings. The van der Waals surface area contributed by atoms with Crippen LogP contribution in [0.15, 0.2) is 261 Å². The highest BCUT2D eigenvalue weighted by Crippen LogP contribution is 2.38. The summed E-state index contributed by atoms with van der Waals surface area (Å²) >= 11 is 0. The lowest BCUT2D eigenvalue weighted by Gasteiger charge is -2.12. The standard InChI is InChI=1S/2C24H22N.C22H16F3N4.C18H19N2/c2*1-17-10-4-7-13-20(17)23-16-19-12-6-9-15-22(19)24(25(23)3)21-14-8-5-11-18(21)2;1-13-8-16(22(23,24)25)5-6-17(13)19-11-28-12-20(29(19)4)21-14(2)7-15(10-26)9-18(21)27-3;1-14-8-4-5-9-15(14)16-10-6-11-18(20(16)3)17-12-7-13-19(17)2/h2*4-16H,1-3H3;5-9,11-12H,1-2,4H3;4-13H,1-3H3/q4*+1. The Bertz CT molecular complexity index is 5280. The van der Waals surface area contributed by atoms with E-state index in [1.165, 1.54) is 129 Å². The molecule has 0 radical (unpaired) electrons. The third-order valence-corrected chi connectivity index (χ3v) is 18.7. The van der Waals surface area contributed by atoms with Crippen LogP contribution in [0, 0.1) is 66.4 Å². The van der Waals surface area contributed by atoms with Gasteiger partial charge in [0, 0.05) is 70.9 Å². The normalized spacial score (nSPS) is 11.0. The number of benzene rings is 9. The first-order chi connectivity index (χ1) is 47.7. The molecule has 0 aliphatic carbocycles. The highest BCUT2D eigenvalue weighted by atomic mass is 19.4. The first kappa shape index (κ1) is 68.5. The second-order valence-corrected chi connectivity index (χ2v) is 25.2. The summed E-state index contributed by atoms with van der Waals surface area (Å²) in [5.74, 6) is 0. The van der Waals surface area contributed by atoms with Crippen LogP contribution < -0.4 is 18.3 Å². The molecule has 9 aromatic carbocycles. The third kappa shape index (κ3) is 14.3. The number of fused-ring (bicyclic) bond motifs is 2. The van der Waals surface area contributed by atoms with Crippen LogP contribution in [0.5, 0.6) is 0 Å². The van der Waals surface area contributed by atoms with Crippen molar-refractivity contribution in [2.45, 2.75) is 54.6 Å². The molecule has 0 saturated heterocycles. The van der Waals surface area contributed by atoms with E-state index in [9.17, 15) is 13.2 Å². The van der Waals surface area contributed by atoms with Crippen LogP contribution in [0.1, 0.15) is 50.1 Å². The molecule has 5 heterocycles.